The molecule has 1 aromatic heterocycles. The standard InChI is InChI=1S/C21H29N5O4S/c1-14(2)31(28,29)25-10-9-18-16(13-25)6-4-8-19(18)26-15(3)20(23-24-26)21(27)22-12-17-7-5-11-30-17/h4,6,8,14,17H,5,7,9-13H2,1-3H3,(H,22,27)/t17-/m1/s1. The van der Waals surface area contributed by atoms with Crippen LogP contribution in [0, 0.1) is 6.92 Å². The fourth-order valence-electron chi connectivity index (χ4n) is 4.14. The lowest BCUT2D eigenvalue weighted by atomic mass is 9.99. The molecule has 2 aliphatic heterocycles. The number of hydrogen-bond donors (Lipinski definition) is 1. The summed E-state index contributed by atoms with van der Waals surface area (Å²) in [5, 5.41) is 10.8. The number of benzene rings is 1. The number of ether oxygens (including phenoxy) is 1. The van der Waals surface area contributed by atoms with E-state index in [1.807, 2.05) is 25.1 Å². The average Bonchev–Trinajstić information content (AvgIpc) is 3.40. The third kappa shape index (κ3) is 4.24. The molecule has 0 saturated carbocycles. The van der Waals surface area contributed by atoms with Crippen molar-refractivity contribution in [3.8, 4) is 5.69 Å². The number of carbonyl (C=O) groups is 1. The summed E-state index contributed by atoms with van der Waals surface area (Å²) in [5.74, 6) is -0.266. The fraction of sp³-hybridized carbons (Fsp3) is 0.571. The van der Waals surface area contributed by atoms with Crippen molar-refractivity contribution in [1.82, 2.24) is 24.6 Å². The molecule has 0 aliphatic carbocycles. The number of carbonyl (C=O) groups excluding carboxylic acids is 1. The van der Waals surface area contributed by atoms with E-state index in [1.165, 1.54) is 0 Å². The Morgan fingerprint density at radius 1 is 1.35 bits per heavy atom. The SMILES string of the molecule is Cc1c(C(=O)NC[C@H]2CCCO2)nnn1-c1cccc2c1CCN(S(=O)(=O)C(C)C)C2. The van der Waals surface area contributed by atoms with Gasteiger partial charge in [0.15, 0.2) is 5.69 Å². The first-order chi connectivity index (χ1) is 14.8. The van der Waals surface area contributed by atoms with Gasteiger partial charge in [-0.2, -0.15) is 4.31 Å². The van der Waals surface area contributed by atoms with Crippen molar-refractivity contribution in [3.63, 3.8) is 0 Å². The van der Waals surface area contributed by atoms with Crippen molar-refractivity contribution in [2.45, 2.75) is 57.9 Å². The molecule has 1 fully saturated rings. The number of amides is 1. The third-order valence-electron chi connectivity index (χ3n) is 6.01. The minimum atomic E-state index is -3.31. The summed E-state index contributed by atoms with van der Waals surface area (Å²) in [7, 11) is -3.31. The van der Waals surface area contributed by atoms with Crippen LogP contribution in [0.4, 0.5) is 0 Å². The summed E-state index contributed by atoms with van der Waals surface area (Å²) in [6, 6.07) is 5.77. The number of sulfonamides is 1. The van der Waals surface area contributed by atoms with Crippen LogP contribution in [0.25, 0.3) is 5.69 Å². The summed E-state index contributed by atoms with van der Waals surface area (Å²) >= 11 is 0. The maximum atomic E-state index is 12.6. The average molecular weight is 448 g/mol. The van der Waals surface area contributed by atoms with Crippen LogP contribution < -0.4 is 5.32 Å². The van der Waals surface area contributed by atoms with Gasteiger partial charge in [-0.15, -0.1) is 5.10 Å². The molecule has 2 aromatic rings. The van der Waals surface area contributed by atoms with E-state index in [-0.39, 0.29) is 17.7 Å². The van der Waals surface area contributed by atoms with Crippen molar-refractivity contribution >= 4 is 15.9 Å². The molecule has 2 aliphatic rings. The van der Waals surface area contributed by atoms with Crippen molar-refractivity contribution < 1.29 is 17.9 Å². The fourth-order valence-corrected chi connectivity index (χ4v) is 5.40. The molecule has 9 nitrogen and oxygen atoms in total. The quantitative estimate of drug-likeness (QED) is 0.721. The molecule has 1 atom stereocenters. The molecule has 1 amide bonds. The van der Waals surface area contributed by atoms with E-state index in [1.54, 1.807) is 22.8 Å². The van der Waals surface area contributed by atoms with Gasteiger partial charge in [0.1, 0.15) is 0 Å². The van der Waals surface area contributed by atoms with E-state index in [0.717, 1.165) is 36.3 Å². The number of fused-ring (bicyclic) bond motifs is 1. The van der Waals surface area contributed by atoms with Gasteiger partial charge in [0.25, 0.3) is 5.91 Å². The number of hydrogen-bond acceptors (Lipinski definition) is 6. The number of nitrogens with one attached hydrogen (secondary N) is 1. The zero-order chi connectivity index (χ0) is 22.2. The van der Waals surface area contributed by atoms with E-state index in [2.05, 4.69) is 15.6 Å². The summed E-state index contributed by atoms with van der Waals surface area (Å²) in [6.45, 7) is 7.19. The van der Waals surface area contributed by atoms with Crippen molar-refractivity contribution in [2.75, 3.05) is 19.7 Å². The highest BCUT2D eigenvalue weighted by atomic mass is 32.2. The molecule has 1 saturated heterocycles. The van der Waals surface area contributed by atoms with Crippen molar-refractivity contribution in [3.05, 3.63) is 40.7 Å². The summed E-state index contributed by atoms with van der Waals surface area (Å²) in [6.07, 6.45) is 2.61. The van der Waals surface area contributed by atoms with Crippen molar-refractivity contribution in [1.29, 1.82) is 0 Å². The molecule has 4 rings (SSSR count). The topological polar surface area (TPSA) is 106 Å². The van der Waals surface area contributed by atoms with Gasteiger partial charge < -0.3 is 10.1 Å². The molecule has 168 valence electrons. The molecule has 0 unspecified atom stereocenters. The number of aromatic nitrogens is 3. The smallest absolute Gasteiger partial charge is 0.273 e. The van der Waals surface area contributed by atoms with Crippen LogP contribution in [0.2, 0.25) is 0 Å². The Morgan fingerprint density at radius 2 is 2.16 bits per heavy atom. The largest absolute Gasteiger partial charge is 0.376 e. The Labute approximate surface area is 182 Å². The number of nitrogens with zero attached hydrogens (tertiary/aromatic N) is 4. The highest BCUT2D eigenvalue weighted by molar-refractivity contribution is 7.89. The van der Waals surface area contributed by atoms with Crippen LogP contribution in [0.3, 0.4) is 0 Å². The van der Waals surface area contributed by atoms with Gasteiger partial charge in [-0.3, -0.25) is 4.79 Å². The highest BCUT2D eigenvalue weighted by Crippen LogP contribution is 2.28. The first kappa shape index (κ1) is 21.9. The summed E-state index contributed by atoms with van der Waals surface area (Å²) in [5.41, 5.74) is 3.76. The van der Waals surface area contributed by atoms with Crippen LogP contribution in [0.5, 0.6) is 0 Å². The normalized spacial score (nSPS) is 19.5. The van der Waals surface area contributed by atoms with E-state index < -0.39 is 15.3 Å². The second kappa shape index (κ2) is 8.68. The van der Waals surface area contributed by atoms with Crippen LogP contribution in [0.15, 0.2) is 18.2 Å². The lowest BCUT2D eigenvalue weighted by molar-refractivity contribution is 0.0853. The van der Waals surface area contributed by atoms with E-state index >= 15 is 0 Å². The molecule has 1 N–H and O–H groups in total. The minimum absolute atomic E-state index is 0.0607. The Hall–Kier alpha value is -2.30. The first-order valence-corrected chi connectivity index (χ1v) is 12.2. The molecule has 0 bridgehead atoms. The van der Waals surface area contributed by atoms with Gasteiger partial charge in [-0.1, -0.05) is 17.3 Å². The van der Waals surface area contributed by atoms with E-state index in [9.17, 15) is 13.2 Å². The first-order valence-electron chi connectivity index (χ1n) is 10.7. The second-order valence-corrected chi connectivity index (χ2v) is 10.9. The molecular weight excluding hydrogens is 418 g/mol. The van der Waals surface area contributed by atoms with E-state index in [4.69, 9.17) is 4.74 Å². The predicted molar refractivity (Wildman–Crippen MR) is 116 cm³/mol. The second-order valence-electron chi connectivity index (χ2n) is 8.37. The van der Waals surface area contributed by atoms with Crippen LogP contribution in [-0.2, 0) is 27.7 Å². The number of rotatable bonds is 6. The van der Waals surface area contributed by atoms with Gasteiger partial charge in [-0.05, 0) is 57.2 Å². The van der Waals surface area contributed by atoms with Crippen LogP contribution in [-0.4, -0.2) is 64.7 Å². The van der Waals surface area contributed by atoms with Gasteiger partial charge in [0.2, 0.25) is 10.0 Å². The maximum Gasteiger partial charge on any atom is 0.273 e. The maximum absolute atomic E-state index is 12.6. The molecular formula is C21H29N5O4S. The zero-order valence-corrected chi connectivity index (χ0v) is 19.0. The molecule has 31 heavy (non-hydrogen) atoms. The lowest BCUT2D eigenvalue weighted by Crippen LogP contribution is -2.40. The monoisotopic (exact) mass is 447 g/mol. The highest BCUT2D eigenvalue weighted by Gasteiger charge is 2.31. The van der Waals surface area contributed by atoms with Gasteiger partial charge in [0.05, 0.1) is 22.7 Å². The molecule has 3 heterocycles. The Bertz CT molecular complexity index is 1070. The Kier molecular flexibility index (Phi) is 6.14. The molecule has 10 heteroatoms. The minimum Gasteiger partial charge on any atom is -0.376 e. The Morgan fingerprint density at radius 3 is 2.87 bits per heavy atom. The van der Waals surface area contributed by atoms with Crippen molar-refractivity contribution in [2.24, 2.45) is 0 Å². The molecule has 1 aromatic carbocycles. The zero-order valence-electron chi connectivity index (χ0n) is 18.2. The third-order valence-corrected chi connectivity index (χ3v) is 8.24. The van der Waals surface area contributed by atoms with Crippen LogP contribution >= 0.6 is 0 Å². The van der Waals surface area contributed by atoms with Gasteiger partial charge in [0, 0.05) is 26.2 Å². The molecule has 0 radical (unpaired) electrons. The summed E-state index contributed by atoms with van der Waals surface area (Å²) in [4.78, 5) is 12.6. The van der Waals surface area contributed by atoms with E-state index in [0.29, 0.717) is 31.7 Å². The van der Waals surface area contributed by atoms with Gasteiger partial charge in [-0.25, -0.2) is 13.1 Å². The predicted octanol–water partition coefficient (Wildman–Crippen LogP) is 1.58. The van der Waals surface area contributed by atoms with Gasteiger partial charge >= 0.3 is 0 Å². The Balaban J connectivity index is 1.56. The molecule has 0 spiro atoms. The van der Waals surface area contributed by atoms with Crippen LogP contribution in [0.1, 0.15) is 54.0 Å². The summed E-state index contributed by atoms with van der Waals surface area (Å²) < 4.78 is 33.9. The lowest BCUT2D eigenvalue weighted by Gasteiger charge is -2.30.